The standard InChI is InChI=1S/C27H25N3O/c1-19-13-14-24-23(15-19)25-26(30(24)17-21-9-5-3-6-10-21)27(31)29(18-28-25)16-20(2)22-11-7-4-8-12-22/h3-15,18,20H,16-17H2,1-2H3/t20-/m0/s1. The van der Waals surface area contributed by atoms with Gasteiger partial charge < -0.3 is 4.57 Å². The highest BCUT2D eigenvalue weighted by Crippen LogP contribution is 2.27. The second kappa shape index (κ2) is 7.88. The molecule has 4 nitrogen and oxygen atoms in total. The molecule has 0 saturated heterocycles. The van der Waals surface area contributed by atoms with Gasteiger partial charge in [0.25, 0.3) is 5.56 Å². The fourth-order valence-corrected chi connectivity index (χ4v) is 4.36. The zero-order chi connectivity index (χ0) is 21.4. The topological polar surface area (TPSA) is 39.8 Å². The molecule has 0 aliphatic carbocycles. The van der Waals surface area contributed by atoms with Crippen LogP contribution in [0.15, 0.2) is 90.0 Å². The molecular formula is C27H25N3O. The number of nitrogens with zero attached hydrogens (tertiary/aromatic N) is 3. The predicted octanol–water partition coefficient (Wildman–Crippen LogP) is 5.51. The van der Waals surface area contributed by atoms with Crippen LogP contribution in [0.3, 0.4) is 0 Å². The number of benzene rings is 3. The summed E-state index contributed by atoms with van der Waals surface area (Å²) in [5.74, 6) is 0.215. The molecule has 1 atom stereocenters. The van der Waals surface area contributed by atoms with E-state index >= 15 is 0 Å². The molecule has 2 aromatic heterocycles. The van der Waals surface area contributed by atoms with Crippen LogP contribution in [-0.2, 0) is 13.1 Å². The van der Waals surface area contributed by atoms with Crippen molar-refractivity contribution in [1.82, 2.24) is 14.1 Å². The van der Waals surface area contributed by atoms with E-state index in [2.05, 4.69) is 60.9 Å². The first-order chi connectivity index (χ1) is 15.1. The molecule has 0 saturated carbocycles. The third-order valence-corrected chi connectivity index (χ3v) is 6.00. The Labute approximate surface area is 181 Å². The van der Waals surface area contributed by atoms with Gasteiger partial charge in [0.1, 0.15) is 11.0 Å². The molecule has 0 aliphatic heterocycles. The summed E-state index contributed by atoms with van der Waals surface area (Å²) >= 11 is 0. The molecule has 0 aliphatic rings. The first-order valence-electron chi connectivity index (χ1n) is 10.7. The Morgan fingerprint density at radius 2 is 1.65 bits per heavy atom. The van der Waals surface area contributed by atoms with Crippen LogP contribution in [0.25, 0.3) is 21.9 Å². The molecule has 0 fully saturated rings. The van der Waals surface area contributed by atoms with E-state index in [1.807, 2.05) is 36.4 Å². The lowest BCUT2D eigenvalue weighted by molar-refractivity contribution is 0.575. The predicted molar refractivity (Wildman–Crippen MR) is 127 cm³/mol. The second-order valence-corrected chi connectivity index (χ2v) is 8.30. The molecule has 4 heteroatoms. The summed E-state index contributed by atoms with van der Waals surface area (Å²) in [4.78, 5) is 18.4. The van der Waals surface area contributed by atoms with E-state index in [0.29, 0.717) is 18.6 Å². The molecular weight excluding hydrogens is 382 g/mol. The number of rotatable bonds is 5. The summed E-state index contributed by atoms with van der Waals surface area (Å²) in [6.07, 6.45) is 1.71. The summed E-state index contributed by atoms with van der Waals surface area (Å²) < 4.78 is 3.88. The summed E-state index contributed by atoms with van der Waals surface area (Å²) in [6, 6.07) is 26.9. The smallest absolute Gasteiger partial charge is 0.277 e. The molecule has 0 bridgehead atoms. The Morgan fingerprint density at radius 1 is 0.935 bits per heavy atom. The van der Waals surface area contributed by atoms with Crippen LogP contribution >= 0.6 is 0 Å². The van der Waals surface area contributed by atoms with Gasteiger partial charge in [-0.25, -0.2) is 4.98 Å². The van der Waals surface area contributed by atoms with E-state index in [1.165, 1.54) is 5.56 Å². The Balaban J connectivity index is 1.67. The van der Waals surface area contributed by atoms with Crippen LogP contribution in [0.2, 0.25) is 0 Å². The lowest BCUT2D eigenvalue weighted by Gasteiger charge is -2.14. The van der Waals surface area contributed by atoms with E-state index < -0.39 is 0 Å². The van der Waals surface area contributed by atoms with Crippen LogP contribution in [-0.4, -0.2) is 14.1 Å². The molecule has 0 unspecified atom stereocenters. The van der Waals surface area contributed by atoms with Crippen molar-refractivity contribution in [3.8, 4) is 0 Å². The van der Waals surface area contributed by atoms with Gasteiger partial charge in [-0.05, 0) is 36.1 Å². The molecule has 0 spiro atoms. The van der Waals surface area contributed by atoms with E-state index in [4.69, 9.17) is 4.98 Å². The number of fused-ring (bicyclic) bond motifs is 3. The summed E-state index contributed by atoms with van der Waals surface area (Å²) in [7, 11) is 0. The fourth-order valence-electron chi connectivity index (χ4n) is 4.36. The van der Waals surface area contributed by atoms with Crippen molar-refractivity contribution < 1.29 is 0 Å². The maximum Gasteiger partial charge on any atom is 0.277 e. The van der Waals surface area contributed by atoms with Crippen molar-refractivity contribution >= 4 is 21.9 Å². The van der Waals surface area contributed by atoms with Gasteiger partial charge in [-0.3, -0.25) is 9.36 Å². The van der Waals surface area contributed by atoms with Crippen LogP contribution in [0.4, 0.5) is 0 Å². The van der Waals surface area contributed by atoms with Crippen LogP contribution in [0, 0.1) is 6.92 Å². The molecule has 2 heterocycles. The third kappa shape index (κ3) is 3.55. The molecule has 31 heavy (non-hydrogen) atoms. The Bertz CT molecular complexity index is 1420. The van der Waals surface area contributed by atoms with E-state index in [1.54, 1.807) is 10.9 Å². The minimum Gasteiger partial charge on any atom is -0.330 e. The highest BCUT2D eigenvalue weighted by Gasteiger charge is 2.18. The first kappa shape index (κ1) is 19.3. The van der Waals surface area contributed by atoms with Gasteiger partial charge in [-0.1, -0.05) is 79.2 Å². The fraction of sp³-hybridized carbons (Fsp3) is 0.185. The highest BCUT2D eigenvalue weighted by atomic mass is 16.1. The number of hydrogen-bond acceptors (Lipinski definition) is 2. The van der Waals surface area contributed by atoms with Crippen LogP contribution < -0.4 is 5.56 Å². The van der Waals surface area contributed by atoms with Crippen molar-refractivity contribution in [3.05, 3.63) is 112 Å². The molecule has 5 rings (SSSR count). The van der Waals surface area contributed by atoms with Gasteiger partial charge in [0.2, 0.25) is 0 Å². The number of hydrogen-bond donors (Lipinski definition) is 0. The van der Waals surface area contributed by atoms with Crippen molar-refractivity contribution in [3.63, 3.8) is 0 Å². The van der Waals surface area contributed by atoms with E-state index in [-0.39, 0.29) is 11.5 Å². The Hall–Kier alpha value is -3.66. The quantitative estimate of drug-likeness (QED) is 0.385. The number of aromatic nitrogens is 3. The van der Waals surface area contributed by atoms with Gasteiger partial charge >= 0.3 is 0 Å². The van der Waals surface area contributed by atoms with Gasteiger partial charge in [-0.15, -0.1) is 0 Å². The molecule has 5 aromatic rings. The summed E-state index contributed by atoms with van der Waals surface area (Å²) in [5, 5.41) is 1.03. The average molecular weight is 408 g/mol. The monoisotopic (exact) mass is 407 g/mol. The minimum absolute atomic E-state index is 0.0116. The van der Waals surface area contributed by atoms with Crippen molar-refractivity contribution in [2.45, 2.75) is 32.9 Å². The molecule has 3 aromatic carbocycles. The SMILES string of the molecule is Cc1ccc2c(c1)c1ncn(C[C@H](C)c3ccccc3)c(=O)c1n2Cc1ccccc1. The van der Waals surface area contributed by atoms with Crippen LogP contribution in [0.1, 0.15) is 29.5 Å². The molecule has 0 radical (unpaired) electrons. The maximum absolute atomic E-state index is 13.7. The normalized spacial score (nSPS) is 12.5. The third-order valence-electron chi connectivity index (χ3n) is 6.00. The minimum atomic E-state index is 0.0116. The highest BCUT2D eigenvalue weighted by molar-refractivity contribution is 6.05. The van der Waals surface area contributed by atoms with E-state index in [0.717, 1.165) is 27.5 Å². The Kier molecular flexibility index (Phi) is 4.91. The second-order valence-electron chi connectivity index (χ2n) is 8.30. The first-order valence-corrected chi connectivity index (χ1v) is 10.7. The zero-order valence-corrected chi connectivity index (χ0v) is 17.8. The Morgan fingerprint density at radius 3 is 2.39 bits per heavy atom. The molecule has 154 valence electrons. The average Bonchev–Trinajstić information content (AvgIpc) is 3.10. The molecule has 0 N–H and O–H groups in total. The van der Waals surface area contributed by atoms with Crippen LogP contribution in [0.5, 0.6) is 0 Å². The van der Waals surface area contributed by atoms with Crippen molar-refractivity contribution in [2.75, 3.05) is 0 Å². The van der Waals surface area contributed by atoms with Crippen molar-refractivity contribution in [2.24, 2.45) is 0 Å². The van der Waals surface area contributed by atoms with Crippen molar-refractivity contribution in [1.29, 1.82) is 0 Å². The van der Waals surface area contributed by atoms with Gasteiger partial charge in [0.15, 0.2) is 0 Å². The van der Waals surface area contributed by atoms with Gasteiger partial charge in [0.05, 0.1) is 11.8 Å². The zero-order valence-electron chi connectivity index (χ0n) is 17.8. The summed E-state index contributed by atoms with van der Waals surface area (Å²) in [6.45, 7) is 5.45. The summed E-state index contributed by atoms with van der Waals surface area (Å²) in [5.41, 5.74) is 6.05. The lowest BCUT2D eigenvalue weighted by Crippen LogP contribution is -2.24. The maximum atomic E-state index is 13.7. The largest absolute Gasteiger partial charge is 0.330 e. The number of aryl methyl sites for hydroxylation is 1. The van der Waals surface area contributed by atoms with Gasteiger partial charge in [-0.2, -0.15) is 0 Å². The molecule has 0 amide bonds. The lowest BCUT2D eigenvalue weighted by atomic mass is 10.0. The van der Waals surface area contributed by atoms with E-state index in [9.17, 15) is 4.79 Å². The van der Waals surface area contributed by atoms with Gasteiger partial charge in [0, 0.05) is 18.5 Å².